The molecule has 0 amide bonds. The Labute approximate surface area is 222 Å². The number of rotatable bonds is 7. The number of aromatic nitrogens is 2. The molecule has 4 heterocycles. The van der Waals surface area contributed by atoms with Crippen LogP contribution in [0.15, 0.2) is 36.7 Å². The molecule has 10 heteroatoms. The quantitative estimate of drug-likeness (QED) is 0.378. The van der Waals surface area contributed by atoms with Crippen LogP contribution in [0.5, 0.6) is 5.88 Å². The number of pyridine rings is 2. The number of methoxy groups -OCH3 is 2. The number of aldehydes is 1. The molecule has 3 aromatic rings. The molecule has 4 rings (SSSR count). The average Bonchev–Trinajstić information content (AvgIpc) is 3.31. The van der Waals surface area contributed by atoms with E-state index in [1.165, 1.54) is 4.90 Å². The molecule has 0 radical (unpaired) electrons. The first-order chi connectivity index (χ1) is 18.0. The second kappa shape index (κ2) is 12.7. The number of ether oxygens (including phenoxy) is 2. The van der Waals surface area contributed by atoms with Gasteiger partial charge in [0.1, 0.15) is 6.29 Å². The highest BCUT2D eigenvalue weighted by Crippen LogP contribution is 2.34. The van der Waals surface area contributed by atoms with Crippen molar-refractivity contribution in [3.05, 3.63) is 53.5 Å². The first-order valence-electron chi connectivity index (χ1n) is 12.6. The van der Waals surface area contributed by atoms with E-state index in [1.807, 2.05) is 58.2 Å². The highest BCUT2D eigenvalue weighted by Gasteiger charge is 2.33. The SMILES string of the molecule is COC(C)C.COc1cc(-c2ccn3c(C(C)N4CCN(CC(F)(F)F)CC4)c(C)c(C=O)cc23)ccn1. The Morgan fingerprint density at radius 3 is 2.29 bits per heavy atom. The number of alkyl halides is 3. The molecule has 1 fully saturated rings. The molecule has 1 unspecified atom stereocenters. The summed E-state index contributed by atoms with van der Waals surface area (Å²) in [6.45, 7) is 8.85. The maximum absolute atomic E-state index is 12.8. The number of nitrogens with zero attached hydrogens (tertiary/aromatic N) is 4. The number of carbonyl (C=O) groups excluding carboxylic acids is 1. The van der Waals surface area contributed by atoms with Gasteiger partial charge in [0.15, 0.2) is 0 Å². The molecule has 7 nitrogen and oxygen atoms in total. The average molecular weight is 535 g/mol. The topological polar surface area (TPSA) is 59.3 Å². The Morgan fingerprint density at radius 2 is 1.74 bits per heavy atom. The lowest BCUT2D eigenvalue weighted by molar-refractivity contribution is -0.149. The number of piperazine rings is 1. The Morgan fingerprint density at radius 1 is 1.08 bits per heavy atom. The molecule has 3 aromatic heterocycles. The van der Waals surface area contributed by atoms with Crippen molar-refractivity contribution in [3.63, 3.8) is 0 Å². The van der Waals surface area contributed by atoms with Gasteiger partial charge in [0.2, 0.25) is 5.88 Å². The summed E-state index contributed by atoms with van der Waals surface area (Å²) in [5, 5.41) is 0. The van der Waals surface area contributed by atoms with Crippen molar-refractivity contribution >= 4 is 11.8 Å². The number of halogens is 3. The van der Waals surface area contributed by atoms with Gasteiger partial charge in [0, 0.05) is 74.6 Å². The van der Waals surface area contributed by atoms with E-state index in [0.717, 1.165) is 34.2 Å². The number of hydrogen-bond donors (Lipinski definition) is 0. The van der Waals surface area contributed by atoms with Crippen molar-refractivity contribution in [1.82, 2.24) is 19.2 Å². The second-order valence-electron chi connectivity index (χ2n) is 9.69. The van der Waals surface area contributed by atoms with Gasteiger partial charge >= 0.3 is 6.18 Å². The van der Waals surface area contributed by atoms with E-state index in [1.54, 1.807) is 20.4 Å². The molecular formula is C28H37F3N4O3. The summed E-state index contributed by atoms with van der Waals surface area (Å²) in [6, 6.07) is 7.53. The smallest absolute Gasteiger partial charge is 0.401 e. The first-order valence-corrected chi connectivity index (χ1v) is 12.6. The van der Waals surface area contributed by atoms with Crippen LogP contribution in [0.25, 0.3) is 16.6 Å². The molecule has 0 spiro atoms. The molecule has 0 aliphatic carbocycles. The van der Waals surface area contributed by atoms with E-state index in [-0.39, 0.29) is 6.04 Å². The zero-order chi connectivity index (χ0) is 28.0. The van der Waals surface area contributed by atoms with Crippen LogP contribution in [0.1, 0.15) is 48.4 Å². The lowest BCUT2D eigenvalue weighted by Gasteiger charge is -2.39. The van der Waals surface area contributed by atoms with Crippen LogP contribution < -0.4 is 4.74 Å². The third-order valence-corrected chi connectivity index (χ3v) is 6.90. The Hall–Kier alpha value is -2.95. The van der Waals surface area contributed by atoms with Gasteiger partial charge in [-0.3, -0.25) is 14.6 Å². The molecule has 1 aliphatic heterocycles. The summed E-state index contributed by atoms with van der Waals surface area (Å²) in [5.74, 6) is 0.500. The molecule has 0 bridgehead atoms. The summed E-state index contributed by atoms with van der Waals surface area (Å²) in [7, 11) is 3.26. The third-order valence-electron chi connectivity index (χ3n) is 6.90. The van der Waals surface area contributed by atoms with Gasteiger partial charge in [-0.05, 0) is 57.0 Å². The summed E-state index contributed by atoms with van der Waals surface area (Å²) >= 11 is 0. The van der Waals surface area contributed by atoms with Gasteiger partial charge in [0.05, 0.1) is 25.3 Å². The van der Waals surface area contributed by atoms with Crippen molar-refractivity contribution in [2.45, 2.75) is 46.0 Å². The van der Waals surface area contributed by atoms with Crippen LogP contribution in [0.3, 0.4) is 0 Å². The Bertz CT molecular complexity index is 1220. The minimum Gasteiger partial charge on any atom is -0.481 e. The van der Waals surface area contributed by atoms with Crippen molar-refractivity contribution in [1.29, 1.82) is 0 Å². The van der Waals surface area contributed by atoms with E-state index >= 15 is 0 Å². The zero-order valence-electron chi connectivity index (χ0n) is 22.9. The Kier molecular flexibility index (Phi) is 9.92. The van der Waals surface area contributed by atoms with Crippen LogP contribution in [-0.2, 0) is 4.74 Å². The van der Waals surface area contributed by atoms with Gasteiger partial charge < -0.3 is 13.9 Å². The minimum absolute atomic E-state index is 0.0762. The molecule has 38 heavy (non-hydrogen) atoms. The maximum Gasteiger partial charge on any atom is 0.401 e. The van der Waals surface area contributed by atoms with Gasteiger partial charge in [0.25, 0.3) is 0 Å². The van der Waals surface area contributed by atoms with Crippen molar-refractivity contribution < 1.29 is 27.4 Å². The first kappa shape index (κ1) is 29.6. The minimum atomic E-state index is -4.19. The molecule has 1 aliphatic rings. The van der Waals surface area contributed by atoms with Crippen molar-refractivity contribution in [2.75, 3.05) is 46.9 Å². The second-order valence-corrected chi connectivity index (χ2v) is 9.69. The van der Waals surface area contributed by atoms with E-state index < -0.39 is 12.7 Å². The lowest BCUT2D eigenvalue weighted by Crippen LogP contribution is -2.49. The molecule has 208 valence electrons. The van der Waals surface area contributed by atoms with Crippen LogP contribution >= 0.6 is 0 Å². The fourth-order valence-electron chi connectivity index (χ4n) is 4.69. The third kappa shape index (κ3) is 7.12. The van der Waals surface area contributed by atoms with E-state index in [2.05, 4.69) is 14.3 Å². The normalized spacial score (nSPS) is 15.8. The highest BCUT2D eigenvalue weighted by molar-refractivity contribution is 5.87. The number of fused-ring (bicyclic) bond motifs is 1. The van der Waals surface area contributed by atoms with E-state index in [0.29, 0.717) is 43.7 Å². The van der Waals surface area contributed by atoms with Gasteiger partial charge in [-0.1, -0.05) is 0 Å². The number of carbonyl (C=O) groups is 1. The van der Waals surface area contributed by atoms with Crippen molar-refractivity contribution in [2.24, 2.45) is 0 Å². The molecule has 0 saturated carbocycles. The van der Waals surface area contributed by atoms with Gasteiger partial charge in [-0.2, -0.15) is 13.2 Å². The highest BCUT2D eigenvalue weighted by atomic mass is 19.4. The van der Waals surface area contributed by atoms with E-state index in [4.69, 9.17) is 9.47 Å². The van der Waals surface area contributed by atoms with Crippen LogP contribution in [-0.4, -0.2) is 84.7 Å². The monoisotopic (exact) mass is 534 g/mol. The predicted molar refractivity (Wildman–Crippen MR) is 142 cm³/mol. The summed E-state index contributed by atoms with van der Waals surface area (Å²) in [5.41, 5.74) is 5.18. The summed E-state index contributed by atoms with van der Waals surface area (Å²) in [6.07, 6.45) is 0.708. The molecule has 0 N–H and O–H groups in total. The largest absolute Gasteiger partial charge is 0.481 e. The summed E-state index contributed by atoms with van der Waals surface area (Å²) in [4.78, 5) is 19.7. The van der Waals surface area contributed by atoms with Gasteiger partial charge in [-0.15, -0.1) is 0 Å². The van der Waals surface area contributed by atoms with Crippen LogP contribution in [0.4, 0.5) is 13.2 Å². The fourth-order valence-corrected chi connectivity index (χ4v) is 4.69. The van der Waals surface area contributed by atoms with Crippen LogP contribution in [0.2, 0.25) is 0 Å². The fraction of sp³-hybridized carbons (Fsp3) is 0.500. The Balaban J connectivity index is 0.000000732. The summed E-state index contributed by atoms with van der Waals surface area (Å²) < 4.78 is 50.4. The number of hydrogen-bond acceptors (Lipinski definition) is 6. The molecule has 1 saturated heterocycles. The maximum atomic E-state index is 12.8. The molecular weight excluding hydrogens is 497 g/mol. The predicted octanol–water partition coefficient (Wildman–Crippen LogP) is 5.41. The van der Waals surface area contributed by atoms with Crippen molar-refractivity contribution in [3.8, 4) is 17.0 Å². The van der Waals surface area contributed by atoms with Crippen LogP contribution in [0, 0.1) is 6.92 Å². The zero-order valence-corrected chi connectivity index (χ0v) is 22.9. The van der Waals surface area contributed by atoms with E-state index in [9.17, 15) is 18.0 Å². The molecule has 1 atom stereocenters. The standard InChI is InChI=1S/C24H27F3N4O2.C4H10O/c1-16-19(14-32)12-21-20(18-4-6-28-22(13-18)33-3)5-7-31(21)23(16)17(2)30-10-8-29(9-11-30)15-24(25,26)27;1-4(2)5-3/h4-7,12-14,17H,8-11,15H2,1-3H3;4H,1-3H3. The van der Waals surface area contributed by atoms with Gasteiger partial charge in [-0.25, -0.2) is 4.98 Å². The molecule has 0 aromatic carbocycles. The lowest BCUT2D eigenvalue weighted by atomic mass is 10.00.